The number of rotatable bonds is 4. The summed E-state index contributed by atoms with van der Waals surface area (Å²) in [5.41, 5.74) is 2.42. The molecule has 122 valence electrons. The summed E-state index contributed by atoms with van der Waals surface area (Å²) in [6.45, 7) is 1.35. The average Bonchev–Trinajstić information content (AvgIpc) is 3.16. The summed E-state index contributed by atoms with van der Waals surface area (Å²) in [5, 5.41) is 0.939. The molecule has 0 amide bonds. The highest BCUT2D eigenvalue weighted by molar-refractivity contribution is 5.86. The SMILES string of the molecule is O=C(Cc1cc2cc(-c3cnco3)cnc2cn1)C1CCOCC1. The van der Waals surface area contributed by atoms with Crippen molar-refractivity contribution in [3.8, 4) is 11.3 Å². The fourth-order valence-corrected chi connectivity index (χ4v) is 3.01. The normalized spacial score (nSPS) is 15.7. The van der Waals surface area contributed by atoms with E-state index in [1.54, 1.807) is 18.6 Å². The molecular weight excluding hydrogens is 306 g/mol. The third kappa shape index (κ3) is 3.05. The topological polar surface area (TPSA) is 78.1 Å². The Bertz CT molecular complexity index is 855. The number of carbonyl (C=O) groups is 1. The number of fused-ring (bicyclic) bond motifs is 1. The van der Waals surface area contributed by atoms with Crippen LogP contribution in [-0.4, -0.2) is 33.9 Å². The number of ether oxygens (including phenoxy) is 1. The maximum Gasteiger partial charge on any atom is 0.181 e. The van der Waals surface area contributed by atoms with Crippen LogP contribution >= 0.6 is 0 Å². The summed E-state index contributed by atoms with van der Waals surface area (Å²) in [4.78, 5) is 25.1. The minimum Gasteiger partial charge on any atom is -0.443 e. The number of oxazole rings is 1. The molecule has 1 fully saturated rings. The van der Waals surface area contributed by atoms with E-state index in [1.807, 2.05) is 12.1 Å². The van der Waals surface area contributed by atoms with Crippen molar-refractivity contribution in [2.45, 2.75) is 19.3 Å². The fraction of sp³-hybridized carbons (Fsp3) is 0.333. The van der Waals surface area contributed by atoms with Gasteiger partial charge in [-0.1, -0.05) is 0 Å². The molecule has 4 rings (SSSR count). The first kappa shape index (κ1) is 15.0. The molecule has 1 aliphatic heterocycles. The smallest absolute Gasteiger partial charge is 0.181 e. The van der Waals surface area contributed by atoms with Crippen LogP contribution in [0.3, 0.4) is 0 Å². The highest BCUT2D eigenvalue weighted by atomic mass is 16.5. The lowest BCUT2D eigenvalue weighted by atomic mass is 9.92. The highest BCUT2D eigenvalue weighted by Crippen LogP contribution is 2.23. The molecule has 0 aromatic carbocycles. The van der Waals surface area contributed by atoms with Crippen LogP contribution in [0.5, 0.6) is 0 Å². The quantitative estimate of drug-likeness (QED) is 0.734. The van der Waals surface area contributed by atoms with Crippen LogP contribution < -0.4 is 0 Å². The zero-order chi connectivity index (χ0) is 16.4. The molecule has 3 aromatic rings. The fourth-order valence-electron chi connectivity index (χ4n) is 3.01. The maximum absolute atomic E-state index is 12.4. The minimum atomic E-state index is 0.0925. The molecule has 0 atom stereocenters. The second-order valence-corrected chi connectivity index (χ2v) is 5.99. The monoisotopic (exact) mass is 323 g/mol. The molecule has 4 heterocycles. The van der Waals surface area contributed by atoms with Gasteiger partial charge in [-0.3, -0.25) is 14.8 Å². The molecule has 0 N–H and O–H groups in total. The van der Waals surface area contributed by atoms with Gasteiger partial charge in [0.15, 0.2) is 12.2 Å². The minimum absolute atomic E-state index is 0.0925. The second-order valence-electron chi connectivity index (χ2n) is 5.99. The molecule has 0 saturated carbocycles. The Kier molecular flexibility index (Phi) is 4.04. The Morgan fingerprint density at radius 2 is 2.00 bits per heavy atom. The van der Waals surface area contributed by atoms with E-state index in [1.165, 1.54) is 6.39 Å². The Morgan fingerprint density at radius 3 is 2.79 bits per heavy atom. The van der Waals surface area contributed by atoms with Gasteiger partial charge < -0.3 is 9.15 Å². The van der Waals surface area contributed by atoms with E-state index in [9.17, 15) is 4.79 Å². The largest absolute Gasteiger partial charge is 0.443 e. The Balaban J connectivity index is 1.58. The first-order valence-electron chi connectivity index (χ1n) is 8.03. The van der Waals surface area contributed by atoms with Crippen LogP contribution in [0.25, 0.3) is 22.2 Å². The van der Waals surface area contributed by atoms with Crippen molar-refractivity contribution in [3.05, 3.63) is 42.8 Å². The molecular formula is C18H17N3O3. The van der Waals surface area contributed by atoms with E-state index in [0.717, 1.165) is 35.0 Å². The van der Waals surface area contributed by atoms with Gasteiger partial charge in [0.25, 0.3) is 0 Å². The molecule has 24 heavy (non-hydrogen) atoms. The number of carbonyl (C=O) groups excluding carboxylic acids is 1. The molecule has 3 aromatic heterocycles. The van der Waals surface area contributed by atoms with Crippen LogP contribution in [0, 0.1) is 5.92 Å². The number of ketones is 1. The van der Waals surface area contributed by atoms with E-state index >= 15 is 0 Å². The lowest BCUT2D eigenvalue weighted by molar-refractivity contribution is -0.125. The summed E-state index contributed by atoms with van der Waals surface area (Å²) < 4.78 is 10.6. The van der Waals surface area contributed by atoms with Crippen molar-refractivity contribution in [1.82, 2.24) is 15.0 Å². The van der Waals surface area contributed by atoms with Gasteiger partial charge in [0.2, 0.25) is 0 Å². The zero-order valence-electron chi connectivity index (χ0n) is 13.1. The van der Waals surface area contributed by atoms with Gasteiger partial charge in [-0.15, -0.1) is 0 Å². The van der Waals surface area contributed by atoms with Crippen molar-refractivity contribution >= 4 is 16.7 Å². The number of hydrogen-bond acceptors (Lipinski definition) is 6. The number of aromatic nitrogens is 3. The summed E-state index contributed by atoms with van der Waals surface area (Å²) in [7, 11) is 0. The Morgan fingerprint density at radius 1 is 1.12 bits per heavy atom. The average molecular weight is 323 g/mol. The van der Waals surface area contributed by atoms with Crippen molar-refractivity contribution < 1.29 is 13.9 Å². The van der Waals surface area contributed by atoms with Crippen LogP contribution in [-0.2, 0) is 16.0 Å². The first-order valence-corrected chi connectivity index (χ1v) is 8.03. The number of hydrogen-bond donors (Lipinski definition) is 0. The van der Waals surface area contributed by atoms with Crippen molar-refractivity contribution in [2.24, 2.45) is 5.92 Å². The molecule has 0 bridgehead atoms. The molecule has 0 unspecified atom stereocenters. The maximum atomic E-state index is 12.4. The van der Waals surface area contributed by atoms with Gasteiger partial charge >= 0.3 is 0 Å². The summed E-state index contributed by atoms with van der Waals surface area (Å²) >= 11 is 0. The van der Waals surface area contributed by atoms with Crippen LogP contribution in [0.1, 0.15) is 18.5 Å². The molecule has 0 aliphatic carbocycles. The van der Waals surface area contributed by atoms with E-state index in [4.69, 9.17) is 9.15 Å². The van der Waals surface area contributed by atoms with Gasteiger partial charge in [-0.05, 0) is 25.0 Å². The molecule has 0 radical (unpaired) electrons. The molecule has 1 saturated heterocycles. The van der Waals surface area contributed by atoms with Crippen molar-refractivity contribution in [3.63, 3.8) is 0 Å². The molecule has 1 aliphatic rings. The number of nitrogens with zero attached hydrogens (tertiary/aromatic N) is 3. The highest BCUT2D eigenvalue weighted by Gasteiger charge is 2.22. The number of pyridine rings is 2. The molecule has 0 spiro atoms. The van der Waals surface area contributed by atoms with Gasteiger partial charge in [-0.2, -0.15) is 0 Å². The van der Waals surface area contributed by atoms with E-state index in [-0.39, 0.29) is 11.7 Å². The summed E-state index contributed by atoms with van der Waals surface area (Å²) in [5.74, 6) is 1.00. The lowest BCUT2D eigenvalue weighted by Crippen LogP contribution is -2.25. The lowest BCUT2D eigenvalue weighted by Gasteiger charge is -2.20. The van der Waals surface area contributed by atoms with Crippen LogP contribution in [0.15, 0.2) is 41.5 Å². The van der Waals surface area contributed by atoms with Gasteiger partial charge in [0.05, 0.1) is 17.9 Å². The molecule has 6 nitrogen and oxygen atoms in total. The van der Waals surface area contributed by atoms with E-state index in [2.05, 4.69) is 15.0 Å². The molecule has 6 heteroatoms. The van der Waals surface area contributed by atoms with E-state index < -0.39 is 0 Å². The van der Waals surface area contributed by atoms with Gasteiger partial charge in [0.1, 0.15) is 5.78 Å². The zero-order valence-corrected chi connectivity index (χ0v) is 13.1. The van der Waals surface area contributed by atoms with Crippen LogP contribution in [0.2, 0.25) is 0 Å². The van der Waals surface area contributed by atoms with E-state index in [0.29, 0.717) is 25.4 Å². The Labute approximate surface area is 138 Å². The van der Waals surface area contributed by atoms with Crippen molar-refractivity contribution in [2.75, 3.05) is 13.2 Å². The predicted octanol–water partition coefficient (Wildman–Crippen LogP) is 2.82. The van der Waals surface area contributed by atoms with Crippen molar-refractivity contribution in [1.29, 1.82) is 0 Å². The number of Topliss-reactive ketones (excluding diaryl/α,β-unsaturated/α-hetero) is 1. The first-order chi connectivity index (χ1) is 11.8. The predicted molar refractivity (Wildman–Crippen MR) is 87.3 cm³/mol. The third-order valence-corrected chi connectivity index (χ3v) is 4.37. The third-order valence-electron chi connectivity index (χ3n) is 4.37. The second kappa shape index (κ2) is 6.49. The van der Waals surface area contributed by atoms with Gasteiger partial charge in [-0.25, -0.2) is 4.98 Å². The Hall–Kier alpha value is -2.60. The van der Waals surface area contributed by atoms with Crippen LogP contribution in [0.4, 0.5) is 0 Å². The summed E-state index contributed by atoms with van der Waals surface area (Å²) in [6.07, 6.45) is 8.47. The standard InChI is InChI=1S/C18H17N3O3/c22-17(12-1-3-23-4-2-12)7-15-6-13-5-14(18-10-19-11-24-18)8-21-16(13)9-20-15/h5-6,8-12H,1-4,7H2. The van der Waals surface area contributed by atoms with Gasteiger partial charge in [0, 0.05) is 48.4 Å². The summed E-state index contributed by atoms with van der Waals surface area (Å²) in [6, 6.07) is 3.91.